The molecule has 0 fully saturated rings. The number of rotatable bonds is 3. The van der Waals surface area contributed by atoms with Gasteiger partial charge in [-0.15, -0.1) is 0 Å². The molecule has 0 saturated heterocycles. The Balaban J connectivity index is 2.88. The highest BCUT2D eigenvalue weighted by Gasteiger charge is 2.14. The molecule has 0 radical (unpaired) electrons. The Labute approximate surface area is 84.9 Å². The van der Waals surface area contributed by atoms with Crippen molar-refractivity contribution in [3.05, 3.63) is 34.9 Å². The van der Waals surface area contributed by atoms with Crippen molar-refractivity contribution in [2.24, 2.45) is 11.7 Å². The van der Waals surface area contributed by atoms with E-state index in [4.69, 9.17) is 17.3 Å². The van der Waals surface area contributed by atoms with Crippen molar-refractivity contribution in [3.63, 3.8) is 0 Å². The largest absolute Gasteiger partial charge is 0.324 e. The molecule has 1 unspecified atom stereocenters. The molecular formula is C11H16ClN. The molecule has 0 heterocycles. The third kappa shape index (κ3) is 2.45. The summed E-state index contributed by atoms with van der Waals surface area (Å²) < 4.78 is 0. The molecule has 0 saturated carbocycles. The minimum absolute atomic E-state index is 0.0544. The molecule has 1 nitrogen and oxygen atoms in total. The monoisotopic (exact) mass is 197 g/mol. The maximum absolute atomic E-state index is 6.07. The van der Waals surface area contributed by atoms with E-state index in [0.29, 0.717) is 5.92 Å². The summed E-state index contributed by atoms with van der Waals surface area (Å²) in [4.78, 5) is 0. The van der Waals surface area contributed by atoms with Crippen molar-refractivity contribution >= 4 is 11.6 Å². The van der Waals surface area contributed by atoms with Crippen LogP contribution < -0.4 is 5.73 Å². The smallest absolute Gasteiger partial charge is 0.0453 e. The molecule has 0 aliphatic carbocycles. The van der Waals surface area contributed by atoms with Gasteiger partial charge in [-0.2, -0.15) is 0 Å². The summed E-state index contributed by atoms with van der Waals surface area (Å²) in [7, 11) is 0. The summed E-state index contributed by atoms with van der Waals surface area (Å²) >= 11 is 6.04. The number of halogens is 1. The van der Waals surface area contributed by atoms with Gasteiger partial charge in [0, 0.05) is 11.1 Å². The molecule has 1 aromatic carbocycles. The first kappa shape index (κ1) is 10.6. The van der Waals surface area contributed by atoms with Gasteiger partial charge in [0.2, 0.25) is 0 Å². The van der Waals surface area contributed by atoms with Crippen LogP contribution in [0.2, 0.25) is 5.02 Å². The van der Waals surface area contributed by atoms with Crippen LogP contribution in [0.1, 0.15) is 31.9 Å². The third-order valence-electron chi connectivity index (χ3n) is 2.52. The molecule has 0 bridgehead atoms. The van der Waals surface area contributed by atoms with Crippen LogP contribution in [0, 0.1) is 5.92 Å². The zero-order chi connectivity index (χ0) is 9.84. The number of hydrogen-bond donors (Lipinski definition) is 1. The maximum atomic E-state index is 6.07. The van der Waals surface area contributed by atoms with Crippen molar-refractivity contribution in [1.29, 1.82) is 0 Å². The van der Waals surface area contributed by atoms with E-state index >= 15 is 0 Å². The van der Waals surface area contributed by atoms with Gasteiger partial charge in [0.05, 0.1) is 0 Å². The molecule has 0 aromatic heterocycles. The first-order valence-corrected chi connectivity index (χ1v) is 5.04. The van der Waals surface area contributed by atoms with Gasteiger partial charge in [-0.3, -0.25) is 0 Å². The summed E-state index contributed by atoms with van der Waals surface area (Å²) in [5.74, 6) is 0.472. The van der Waals surface area contributed by atoms with E-state index in [1.54, 1.807) is 0 Å². The highest BCUT2D eigenvalue weighted by atomic mass is 35.5. The molecule has 0 aliphatic rings. The second kappa shape index (κ2) is 4.64. The average molecular weight is 198 g/mol. The molecule has 0 spiro atoms. The Morgan fingerprint density at radius 2 is 2.00 bits per heavy atom. The number of benzene rings is 1. The quantitative estimate of drug-likeness (QED) is 0.790. The minimum Gasteiger partial charge on any atom is -0.324 e. The predicted octanol–water partition coefficient (Wildman–Crippen LogP) is 3.39. The average Bonchev–Trinajstić information content (AvgIpc) is 2.16. The lowest BCUT2D eigenvalue weighted by Crippen LogP contribution is -2.18. The van der Waals surface area contributed by atoms with Gasteiger partial charge in [-0.1, -0.05) is 50.1 Å². The highest BCUT2D eigenvalue weighted by Crippen LogP contribution is 2.27. The van der Waals surface area contributed by atoms with Gasteiger partial charge in [-0.05, 0) is 17.5 Å². The van der Waals surface area contributed by atoms with Crippen molar-refractivity contribution < 1.29 is 0 Å². The van der Waals surface area contributed by atoms with Crippen molar-refractivity contribution in [2.45, 2.75) is 26.3 Å². The summed E-state index contributed by atoms with van der Waals surface area (Å²) in [6.45, 7) is 4.29. The molecule has 72 valence electrons. The molecule has 0 amide bonds. The topological polar surface area (TPSA) is 26.0 Å². The van der Waals surface area contributed by atoms with Crippen LogP contribution in [0.15, 0.2) is 24.3 Å². The van der Waals surface area contributed by atoms with Crippen LogP contribution in [0.4, 0.5) is 0 Å². The van der Waals surface area contributed by atoms with Crippen molar-refractivity contribution in [2.75, 3.05) is 0 Å². The van der Waals surface area contributed by atoms with Crippen molar-refractivity contribution in [3.8, 4) is 0 Å². The lowest BCUT2D eigenvalue weighted by Gasteiger charge is -2.19. The maximum Gasteiger partial charge on any atom is 0.0453 e. The first-order chi connectivity index (χ1) is 6.16. The lowest BCUT2D eigenvalue weighted by atomic mass is 9.93. The van der Waals surface area contributed by atoms with E-state index in [2.05, 4.69) is 13.8 Å². The SMILES string of the molecule is CCC(C)[C@@H](N)c1ccccc1Cl. The normalized spacial score (nSPS) is 15.4. The molecule has 13 heavy (non-hydrogen) atoms. The second-order valence-electron chi connectivity index (χ2n) is 3.43. The predicted molar refractivity (Wildman–Crippen MR) is 57.8 cm³/mol. The van der Waals surface area contributed by atoms with E-state index in [9.17, 15) is 0 Å². The Morgan fingerprint density at radius 3 is 2.54 bits per heavy atom. The van der Waals surface area contributed by atoms with Crippen LogP contribution in [0.25, 0.3) is 0 Å². The van der Waals surface area contributed by atoms with Crippen LogP contribution in [-0.2, 0) is 0 Å². The van der Waals surface area contributed by atoms with E-state index < -0.39 is 0 Å². The van der Waals surface area contributed by atoms with E-state index in [-0.39, 0.29) is 6.04 Å². The van der Waals surface area contributed by atoms with Gasteiger partial charge < -0.3 is 5.73 Å². The summed E-state index contributed by atoms with van der Waals surface area (Å²) in [6, 6.07) is 7.84. The Morgan fingerprint density at radius 1 is 1.38 bits per heavy atom. The fraction of sp³-hybridized carbons (Fsp3) is 0.455. The highest BCUT2D eigenvalue weighted by molar-refractivity contribution is 6.31. The van der Waals surface area contributed by atoms with E-state index in [1.807, 2.05) is 24.3 Å². The van der Waals surface area contributed by atoms with Gasteiger partial charge in [0.25, 0.3) is 0 Å². The zero-order valence-corrected chi connectivity index (χ0v) is 8.88. The summed E-state index contributed by atoms with van der Waals surface area (Å²) in [5.41, 5.74) is 7.12. The van der Waals surface area contributed by atoms with Gasteiger partial charge in [-0.25, -0.2) is 0 Å². The lowest BCUT2D eigenvalue weighted by molar-refractivity contribution is 0.457. The van der Waals surface area contributed by atoms with Crippen molar-refractivity contribution in [1.82, 2.24) is 0 Å². The van der Waals surface area contributed by atoms with Crippen LogP contribution in [-0.4, -0.2) is 0 Å². The standard InChI is InChI=1S/C11H16ClN/c1-3-8(2)11(13)9-6-4-5-7-10(9)12/h4-8,11H,3,13H2,1-2H3/t8?,11-/m1/s1. The second-order valence-corrected chi connectivity index (χ2v) is 3.84. The minimum atomic E-state index is 0.0544. The molecule has 2 N–H and O–H groups in total. The molecule has 1 rings (SSSR count). The Kier molecular flexibility index (Phi) is 3.76. The fourth-order valence-electron chi connectivity index (χ4n) is 1.31. The van der Waals surface area contributed by atoms with Gasteiger partial charge in [0.1, 0.15) is 0 Å². The van der Waals surface area contributed by atoms with Gasteiger partial charge >= 0.3 is 0 Å². The fourth-order valence-corrected chi connectivity index (χ4v) is 1.57. The van der Waals surface area contributed by atoms with E-state index in [1.165, 1.54) is 0 Å². The first-order valence-electron chi connectivity index (χ1n) is 4.66. The van der Waals surface area contributed by atoms with Crippen LogP contribution in [0.5, 0.6) is 0 Å². The van der Waals surface area contributed by atoms with Crippen LogP contribution >= 0.6 is 11.6 Å². The number of hydrogen-bond acceptors (Lipinski definition) is 1. The number of nitrogens with two attached hydrogens (primary N) is 1. The molecule has 1 aromatic rings. The third-order valence-corrected chi connectivity index (χ3v) is 2.87. The molecule has 2 atom stereocenters. The van der Waals surface area contributed by atoms with Crippen LogP contribution in [0.3, 0.4) is 0 Å². The summed E-state index contributed by atoms with van der Waals surface area (Å²) in [5, 5.41) is 0.773. The molecular weight excluding hydrogens is 182 g/mol. The van der Waals surface area contributed by atoms with E-state index in [0.717, 1.165) is 17.0 Å². The molecule has 0 aliphatic heterocycles. The Bertz CT molecular complexity index is 273. The molecule has 2 heteroatoms. The summed E-state index contributed by atoms with van der Waals surface area (Å²) in [6.07, 6.45) is 1.08. The van der Waals surface area contributed by atoms with Gasteiger partial charge in [0.15, 0.2) is 0 Å². The zero-order valence-electron chi connectivity index (χ0n) is 8.13. The Hall–Kier alpha value is -0.530.